The topological polar surface area (TPSA) is 142 Å². The van der Waals surface area contributed by atoms with Crippen molar-refractivity contribution in [2.24, 2.45) is 0 Å². The molecule has 48 heavy (non-hydrogen) atoms. The van der Waals surface area contributed by atoms with Gasteiger partial charge in [-0.2, -0.15) is 28.4 Å². The van der Waals surface area contributed by atoms with Crippen LogP contribution in [0.4, 0.5) is 37.2 Å². The number of aromatic nitrogens is 2. The fraction of sp³-hybridized carbons (Fsp3) is 0.387. The molecule has 0 amide bonds. The Morgan fingerprint density at radius 3 is 2.71 bits per heavy atom. The lowest BCUT2D eigenvalue weighted by molar-refractivity contribution is -0.137. The van der Waals surface area contributed by atoms with Crippen molar-refractivity contribution in [2.75, 3.05) is 50.0 Å². The second-order valence-corrected chi connectivity index (χ2v) is 13.2. The Morgan fingerprint density at radius 1 is 1.21 bits per heavy atom. The van der Waals surface area contributed by atoms with Gasteiger partial charge in [-0.15, -0.1) is 11.3 Å². The number of halogens is 6. The van der Waals surface area contributed by atoms with Gasteiger partial charge in [0, 0.05) is 42.4 Å². The summed E-state index contributed by atoms with van der Waals surface area (Å²) in [6, 6.07) is 4.02. The number of hydrogen-bond acceptors (Lipinski definition) is 10. The summed E-state index contributed by atoms with van der Waals surface area (Å²) in [6.07, 6.45) is -3.54. The number of anilines is 2. The molecule has 3 fully saturated rings. The molecule has 10 nitrogen and oxygen atoms in total. The third kappa shape index (κ3) is 5.05. The Kier molecular flexibility index (Phi) is 7.63. The van der Waals surface area contributed by atoms with E-state index in [1.54, 1.807) is 6.07 Å². The number of piperazine rings is 1. The van der Waals surface area contributed by atoms with E-state index in [4.69, 9.17) is 21.3 Å². The molecule has 2 atom stereocenters. The van der Waals surface area contributed by atoms with Gasteiger partial charge in [-0.3, -0.25) is 15.7 Å². The minimum atomic E-state index is -5.13. The largest absolute Gasteiger partial charge is 0.461 e. The van der Waals surface area contributed by atoms with E-state index in [0.717, 1.165) is 24.9 Å². The SMILES string of the molecule is N#Cc1c(N)sc2c(F)ccc(-c3c(C(F)(F)F)cc4c(N5CCN(C=N)C(=N)C5)nc(OCC56CCCN5CC(F)C6)nc4c3F)c12. The first-order valence-electron chi connectivity index (χ1n) is 15.0. The van der Waals surface area contributed by atoms with Crippen LogP contribution in [0.15, 0.2) is 18.2 Å². The molecular formula is C31H27F6N9OS. The van der Waals surface area contributed by atoms with E-state index in [1.165, 1.54) is 9.80 Å². The van der Waals surface area contributed by atoms with E-state index in [0.29, 0.717) is 30.4 Å². The number of nitrogen functional groups attached to an aromatic ring is 1. The lowest BCUT2D eigenvalue weighted by Gasteiger charge is -2.35. The van der Waals surface area contributed by atoms with Gasteiger partial charge in [-0.05, 0) is 37.1 Å². The zero-order chi connectivity index (χ0) is 34.1. The Balaban J connectivity index is 1.45. The highest BCUT2D eigenvalue weighted by atomic mass is 32.1. The molecule has 2 aromatic heterocycles. The lowest BCUT2D eigenvalue weighted by atomic mass is 9.92. The van der Waals surface area contributed by atoms with Crippen molar-refractivity contribution < 1.29 is 31.1 Å². The van der Waals surface area contributed by atoms with Crippen molar-refractivity contribution in [1.29, 1.82) is 16.1 Å². The first-order valence-corrected chi connectivity index (χ1v) is 15.8. The number of fused-ring (bicyclic) bond motifs is 3. The van der Waals surface area contributed by atoms with Crippen molar-refractivity contribution in [3.8, 4) is 23.2 Å². The molecule has 3 aliphatic rings. The summed E-state index contributed by atoms with van der Waals surface area (Å²) in [5.41, 5.74) is 1.71. The highest BCUT2D eigenvalue weighted by molar-refractivity contribution is 7.23. The van der Waals surface area contributed by atoms with Crippen molar-refractivity contribution in [2.45, 2.75) is 37.1 Å². The third-order valence-electron chi connectivity index (χ3n) is 9.38. The van der Waals surface area contributed by atoms with Gasteiger partial charge in [0.1, 0.15) is 46.8 Å². The molecule has 2 unspecified atom stereocenters. The van der Waals surface area contributed by atoms with E-state index < -0.39 is 51.7 Å². The number of thiophene rings is 1. The molecule has 0 aliphatic carbocycles. The van der Waals surface area contributed by atoms with Gasteiger partial charge in [-0.1, -0.05) is 6.07 Å². The maximum Gasteiger partial charge on any atom is 0.417 e. The van der Waals surface area contributed by atoms with Crippen LogP contribution in [0.3, 0.4) is 0 Å². The van der Waals surface area contributed by atoms with Crippen molar-refractivity contribution in [1.82, 2.24) is 19.8 Å². The van der Waals surface area contributed by atoms with E-state index >= 15 is 4.39 Å². The molecule has 0 spiro atoms. The number of alkyl halides is 4. The van der Waals surface area contributed by atoms with Crippen molar-refractivity contribution in [3.63, 3.8) is 0 Å². The monoisotopic (exact) mass is 687 g/mol. The summed E-state index contributed by atoms with van der Waals surface area (Å²) >= 11 is 0.667. The first-order chi connectivity index (χ1) is 22.8. The molecule has 0 radical (unpaired) electrons. The summed E-state index contributed by atoms with van der Waals surface area (Å²) in [7, 11) is 0. The molecule has 2 aromatic carbocycles. The maximum absolute atomic E-state index is 16.9. The number of benzene rings is 2. The second kappa shape index (κ2) is 11.5. The summed E-state index contributed by atoms with van der Waals surface area (Å²) in [5.74, 6) is -2.41. The number of rotatable bonds is 6. The van der Waals surface area contributed by atoms with Gasteiger partial charge in [0.25, 0.3) is 0 Å². The third-order valence-corrected chi connectivity index (χ3v) is 10.4. The zero-order valence-corrected chi connectivity index (χ0v) is 25.9. The number of nitrogens with one attached hydrogen (secondary N) is 2. The highest BCUT2D eigenvalue weighted by Crippen LogP contribution is 2.48. The first kappa shape index (κ1) is 31.9. The summed E-state index contributed by atoms with van der Waals surface area (Å²) in [4.78, 5) is 13.5. The molecular weight excluding hydrogens is 660 g/mol. The van der Waals surface area contributed by atoms with Crippen LogP contribution in [0.25, 0.3) is 32.1 Å². The van der Waals surface area contributed by atoms with E-state index in [-0.39, 0.29) is 82.9 Å². The van der Waals surface area contributed by atoms with Gasteiger partial charge >= 0.3 is 12.2 Å². The molecule has 0 saturated carbocycles. The quantitative estimate of drug-likeness (QED) is 0.129. The summed E-state index contributed by atoms with van der Waals surface area (Å²) < 4.78 is 96.6. The van der Waals surface area contributed by atoms with E-state index in [9.17, 15) is 27.2 Å². The van der Waals surface area contributed by atoms with Crippen LogP contribution in [0.2, 0.25) is 0 Å². The molecule has 4 aromatic rings. The molecule has 3 aliphatic heterocycles. The molecule has 250 valence electrons. The van der Waals surface area contributed by atoms with Crippen LogP contribution in [0.5, 0.6) is 6.01 Å². The fourth-order valence-electron chi connectivity index (χ4n) is 7.18. The zero-order valence-electron chi connectivity index (χ0n) is 25.1. The highest BCUT2D eigenvalue weighted by Gasteiger charge is 2.49. The van der Waals surface area contributed by atoms with Gasteiger partial charge in [0.15, 0.2) is 5.82 Å². The molecule has 17 heteroatoms. The van der Waals surface area contributed by atoms with Crippen LogP contribution in [0.1, 0.15) is 30.4 Å². The van der Waals surface area contributed by atoms with Gasteiger partial charge in [-0.25, -0.2) is 13.2 Å². The number of nitriles is 1. The summed E-state index contributed by atoms with van der Waals surface area (Å²) in [5, 5.41) is 25.0. The predicted molar refractivity (Wildman–Crippen MR) is 168 cm³/mol. The smallest absolute Gasteiger partial charge is 0.417 e. The number of ether oxygens (including phenoxy) is 1. The average molecular weight is 688 g/mol. The molecule has 0 bridgehead atoms. The Hall–Kier alpha value is -4.69. The van der Waals surface area contributed by atoms with Crippen LogP contribution >= 0.6 is 11.3 Å². The number of hydrogen-bond donors (Lipinski definition) is 3. The minimum absolute atomic E-state index is 0.0353. The molecule has 3 saturated heterocycles. The molecule has 7 rings (SSSR count). The second-order valence-electron chi connectivity index (χ2n) is 12.1. The van der Waals surface area contributed by atoms with Gasteiger partial charge in [0.05, 0.1) is 34.2 Å². The predicted octanol–water partition coefficient (Wildman–Crippen LogP) is 5.92. The van der Waals surface area contributed by atoms with Gasteiger partial charge < -0.3 is 20.3 Å². The number of nitrogens with two attached hydrogens (primary N) is 1. The Bertz CT molecular complexity index is 2050. The molecule has 4 N–H and O–H groups in total. The summed E-state index contributed by atoms with van der Waals surface area (Å²) in [6.45, 7) is 0.975. The normalized spacial score (nSPS) is 21.7. The lowest BCUT2D eigenvalue weighted by Crippen LogP contribution is -2.49. The van der Waals surface area contributed by atoms with E-state index in [1.807, 2.05) is 4.90 Å². The van der Waals surface area contributed by atoms with Crippen LogP contribution in [-0.2, 0) is 6.18 Å². The average Bonchev–Trinajstić information content (AvgIpc) is 3.69. The van der Waals surface area contributed by atoms with Crippen LogP contribution < -0.4 is 15.4 Å². The fourth-order valence-corrected chi connectivity index (χ4v) is 8.13. The van der Waals surface area contributed by atoms with Crippen molar-refractivity contribution in [3.05, 3.63) is 41.0 Å². The molecule has 5 heterocycles. The minimum Gasteiger partial charge on any atom is -0.461 e. The maximum atomic E-state index is 16.9. The number of amidine groups is 1. The van der Waals surface area contributed by atoms with Gasteiger partial charge in [0.2, 0.25) is 0 Å². The Morgan fingerprint density at radius 2 is 2.00 bits per heavy atom. The van der Waals surface area contributed by atoms with Crippen molar-refractivity contribution >= 4 is 55.3 Å². The van der Waals surface area contributed by atoms with Crippen LogP contribution in [-0.4, -0.2) is 83.0 Å². The van der Waals surface area contributed by atoms with E-state index in [2.05, 4.69) is 9.97 Å². The number of nitrogens with zero attached hydrogens (tertiary/aromatic N) is 6. The Labute approximate surface area is 273 Å². The van der Waals surface area contributed by atoms with Crippen LogP contribution in [0, 0.1) is 33.8 Å². The standard InChI is InChI=1S/C31H27F6N9OS/c32-15-9-30(4-1-5-46(30)11-15)13-47-29-42-25-17(28(43-29)44-6-7-45(14-39)21(40)12-44)8-19(31(35,36)37)23(24(25)34)16-2-3-20(33)26-22(16)18(10-38)27(41)48-26/h2-3,8,14-15,39-40H,1,4-7,9,11-13,41H2.